The Morgan fingerprint density at radius 2 is 0.930 bits per heavy atom. The van der Waals surface area contributed by atoms with E-state index in [0.29, 0.717) is 17.6 Å². The van der Waals surface area contributed by atoms with Gasteiger partial charge in [0.1, 0.15) is 0 Å². The van der Waals surface area contributed by atoms with E-state index in [1.807, 2.05) is 6.07 Å². The molecule has 0 amide bonds. The maximum Gasteiger partial charge on any atom is 0.238 e. The first-order valence-corrected chi connectivity index (χ1v) is 19.9. The largest absolute Gasteiger partial charge is 0.307 e. The molecular weight excluding hydrogens is 715 g/mol. The van der Waals surface area contributed by atoms with Gasteiger partial charge in [-0.2, -0.15) is 9.97 Å². The van der Waals surface area contributed by atoms with Crippen LogP contribution in [0.1, 0.15) is 0 Å². The first-order valence-electron chi connectivity index (χ1n) is 19.1. The highest BCUT2D eigenvalue weighted by Crippen LogP contribution is 2.43. The van der Waals surface area contributed by atoms with Crippen molar-refractivity contribution >= 4 is 75.1 Å². The second kappa shape index (κ2) is 12.6. The second-order valence-electron chi connectivity index (χ2n) is 14.4. The Morgan fingerprint density at radius 1 is 0.368 bits per heavy atom. The maximum atomic E-state index is 5.49. The molecule has 12 aromatic rings. The molecule has 6 heteroatoms. The summed E-state index contributed by atoms with van der Waals surface area (Å²) in [5.74, 6) is 1.82. The number of nitrogens with zero attached hydrogens (tertiary/aromatic N) is 5. The number of rotatable bonds is 5. The summed E-state index contributed by atoms with van der Waals surface area (Å²) in [4.78, 5) is 16.3. The third-order valence-corrected chi connectivity index (χ3v) is 12.3. The van der Waals surface area contributed by atoms with E-state index < -0.39 is 0 Å². The molecule has 0 unspecified atom stereocenters. The summed E-state index contributed by atoms with van der Waals surface area (Å²) < 4.78 is 7.11. The summed E-state index contributed by atoms with van der Waals surface area (Å²) in [7, 11) is 0. The fourth-order valence-electron chi connectivity index (χ4n) is 8.70. The van der Waals surface area contributed by atoms with E-state index in [2.05, 4.69) is 191 Å². The summed E-state index contributed by atoms with van der Waals surface area (Å²) in [6.45, 7) is 0. The van der Waals surface area contributed by atoms with Gasteiger partial charge in [-0.15, -0.1) is 11.3 Å². The van der Waals surface area contributed by atoms with Gasteiger partial charge in [-0.3, -0.25) is 4.57 Å². The smallest absolute Gasteiger partial charge is 0.238 e. The summed E-state index contributed by atoms with van der Waals surface area (Å²) in [5.41, 5.74) is 9.59. The molecule has 0 radical (unpaired) electrons. The molecule has 12 rings (SSSR count). The number of hydrogen-bond donors (Lipinski definition) is 0. The zero-order chi connectivity index (χ0) is 37.5. The summed E-state index contributed by atoms with van der Waals surface area (Å²) in [5, 5.41) is 7.01. The highest BCUT2D eigenvalue weighted by molar-refractivity contribution is 7.25. The van der Waals surface area contributed by atoms with Crippen molar-refractivity contribution in [1.82, 2.24) is 24.1 Å². The Bertz CT molecular complexity index is 3520. The predicted molar refractivity (Wildman–Crippen MR) is 238 cm³/mol. The van der Waals surface area contributed by atoms with Gasteiger partial charge >= 0.3 is 0 Å². The lowest BCUT2D eigenvalue weighted by molar-refractivity contribution is 0.954. The van der Waals surface area contributed by atoms with Crippen LogP contribution in [0.5, 0.6) is 0 Å². The van der Waals surface area contributed by atoms with Crippen molar-refractivity contribution in [2.45, 2.75) is 0 Å². The van der Waals surface area contributed by atoms with Gasteiger partial charge in [-0.25, -0.2) is 4.98 Å². The number of hydrogen-bond acceptors (Lipinski definition) is 4. The molecule has 0 aliphatic heterocycles. The number of thiophene rings is 1. The van der Waals surface area contributed by atoms with Crippen LogP contribution in [-0.2, 0) is 0 Å². The fraction of sp³-hybridized carbons (Fsp3) is 0. The molecule has 0 spiro atoms. The molecule has 0 aliphatic rings. The minimum absolute atomic E-state index is 0.570. The normalized spacial score (nSPS) is 11.9. The van der Waals surface area contributed by atoms with Gasteiger partial charge < -0.3 is 4.57 Å². The van der Waals surface area contributed by atoms with Crippen LogP contribution in [0.3, 0.4) is 0 Å². The molecule has 0 saturated carbocycles. The average molecular weight is 746 g/mol. The molecule has 57 heavy (non-hydrogen) atoms. The van der Waals surface area contributed by atoms with Crippen molar-refractivity contribution in [2.75, 3.05) is 0 Å². The molecule has 8 aromatic carbocycles. The van der Waals surface area contributed by atoms with Gasteiger partial charge in [0.15, 0.2) is 11.6 Å². The Kier molecular flexibility index (Phi) is 7.03. The lowest BCUT2D eigenvalue weighted by Crippen LogP contribution is -2.07. The quantitative estimate of drug-likeness (QED) is 0.176. The van der Waals surface area contributed by atoms with Crippen LogP contribution in [0.15, 0.2) is 188 Å². The van der Waals surface area contributed by atoms with Crippen LogP contribution in [0, 0.1) is 0 Å². The zero-order valence-corrected chi connectivity index (χ0v) is 31.4. The van der Waals surface area contributed by atoms with Gasteiger partial charge in [-0.05, 0) is 53.6 Å². The van der Waals surface area contributed by atoms with Gasteiger partial charge in [0, 0.05) is 58.5 Å². The summed E-state index contributed by atoms with van der Waals surface area (Å²) in [6, 6.07) is 66.6. The lowest BCUT2D eigenvalue weighted by Gasteiger charge is -2.14. The monoisotopic (exact) mass is 745 g/mol. The van der Waals surface area contributed by atoms with Crippen molar-refractivity contribution in [3.05, 3.63) is 188 Å². The Hall–Kier alpha value is -7.41. The standard InChI is InChI=1S/C51H31N5S/c1-3-15-32(16-4-1)33-17-13-18-34(31-33)49-52-50(41-24-14-28-45-46(41)40-23-9-12-27-44(40)57-45)54-51(53-49)56-43-26-11-8-22-37(43)39-30-29-38-36-21-7-10-25-42(36)55(47(38)48(39)56)35-19-5-2-6-20-35/h1-31H. The van der Waals surface area contributed by atoms with Gasteiger partial charge in [-0.1, -0.05) is 146 Å². The van der Waals surface area contributed by atoms with E-state index in [9.17, 15) is 0 Å². The summed E-state index contributed by atoms with van der Waals surface area (Å²) in [6.07, 6.45) is 0. The van der Waals surface area contributed by atoms with E-state index in [0.717, 1.165) is 66.2 Å². The predicted octanol–water partition coefficient (Wildman–Crippen LogP) is 13.4. The third kappa shape index (κ3) is 4.91. The summed E-state index contributed by atoms with van der Waals surface area (Å²) >= 11 is 1.80. The first kappa shape index (κ1) is 31.9. The minimum atomic E-state index is 0.570. The molecule has 4 aromatic heterocycles. The number of para-hydroxylation sites is 3. The highest BCUT2D eigenvalue weighted by atomic mass is 32.1. The zero-order valence-electron chi connectivity index (χ0n) is 30.5. The van der Waals surface area contributed by atoms with Crippen molar-refractivity contribution in [1.29, 1.82) is 0 Å². The topological polar surface area (TPSA) is 48.5 Å². The Morgan fingerprint density at radius 3 is 1.70 bits per heavy atom. The molecule has 0 N–H and O–H groups in total. The van der Waals surface area contributed by atoms with Crippen LogP contribution in [0.4, 0.5) is 0 Å². The highest BCUT2D eigenvalue weighted by Gasteiger charge is 2.24. The van der Waals surface area contributed by atoms with Gasteiger partial charge in [0.2, 0.25) is 5.95 Å². The molecule has 0 saturated heterocycles. The van der Waals surface area contributed by atoms with Crippen molar-refractivity contribution in [2.24, 2.45) is 0 Å². The first-order chi connectivity index (χ1) is 28.3. The molecule has 0 atom stereocenters. The molecule has 0 aliphatic carbocycles. The van der Waals surface area contributed by atoms with E-state index in [1.54, 1.807) is 11.3 Å². The van der Waals surface area contributed by atoms with Crippen LogP contribution < -0.4 is 0 Å². The van der Waals surface area contributed by atoms with Crippen LogP contribution in [-0.4, -0.2) is 24.1 Å². The van der Waals surface area contributed by atoms with E-state index in [1.165, 1.54) is 25.6 Å². The van der Waals surface area contributed by atoms with Crippen molar-refractivity contribution in [3.63, 3.8) is 0 Å². The molecule has 5 nitrogen and oxygen atoms in total. The number of fused-ring (bicyclic) bond motifs is 10. The Balaban J connectivity index is 1.22. The van der Waals surface area contributed by atoms with Crippen LogP contribution >= 0.6 is 11.3 Å². The number of aromatic nitrogens is 5. The third-order valence-electron chi connectivity index (χ3n) is 11.2. The SMILES string of the molecule is c1ccc(-c2cccc(-c3nc(-c4cccc5sc6ccccc6c45)nc(-n4c5ccccc5c5ccc6c7ccccc7n(-c7ccccc7)c6c54)n3)c2)cc1. The van der Waals surface area contributed by atoms with Gasteiger partial charge in [0.25, 0.3) is 0 Å². The van der Waals surface area contributed by atoms with Crippen LogP contribution in [0.2, 0.25) is 0 Å². The Labute approximate surface area is 331 Å². The van der Waals surface area contributed by atoms with Gasteiger partial charge in [0.05, 0.1) is 22.1 Å². The average Bonchev–Trinajstić information content (AvgIpc) is 3.95. The maximum absolute atomic E-state index is 5.49. The molecular formula is C51H31N5S. The molecule has 266 valence electrons. The lowest BCUT2D eigenvalue weighted by atomic mass is 10.0. The molecule has 4 heterocycles. The second-order valence-corrected chi connectivity index (χ2v) is 15.5. The molecule has 0 bridgehead atoms. The number of benzene rings is 8. The van der Waals surface area contributed by atoms with E-state index >= 15 is 0 Å². The van der Waals surface area contributed by atoms with E-state index in [-0.39, 0.29) is 0 Å². The van der Waals surface area contributed by atoms with Crippen molar-refractivity contribution < 1.29 is 0 Å². The van der Waals surface area contributed by atoms with Crippen molar-refractivity contribution in [3.8, 4) is 45.5 Å². The van der Waals surface area contributed by atoms with E-state index in [4.69, 9.17) is 15.0 Å². The fourth-order valence-corrected chi connectivity index (χ4v) is 9.83. The van der Waals surface area contributed by atoms with Crippen LogP contribution in [0.25, 0.3) is 109 Å². The minimum Gasteiger partial charge on any atom is -0.307 e. The molecule has 0 fully saturated rings.